The Morgan fingerprint density at radius 1 is 1.00 bits per heavy atom. The van der Waals surface area contributed by atoms with Gasteiger partial charge in [-0.25, -0.2) is 0 Å². The molecule has 0 heterocycles. The predicted octanol–water partition coefficient (Wildman–Crippen LogP) is 3.53. The molecule has 0 aliphatic carbocycles. The third kappa shape index (κ3) is 2.53. The molecule has 0 radical (unpaired) electrons. The zero-order chi connectivity index (χ0) is 11.4. The maximum atomic E-state index is 5.69. The number of hydrogen-bond acceptors (Lipinski definition) is 3. The van der Waals surface area contributed by atoms with Gasteiger partial charge in [-0.1, -0.05) is 28.1 Å². The molecule has 0 amide bonds. The molecule has 3 nitrogen and oxygen atoms in total. The summed E-state index contributed by atoms with van der Waals surface area (Å²) in [6.07, 6.45) is 0. The fraction of sp³-hybridized carbons (Fsp3) is 0. The van der Waals surface area contributed by atoms with Crippen LogP contribution in [-0.4, -0.2) is 0 Å². The molecule has 82 valence electrons. The van der Waals surface area contributed by atoms with Gasteiger partial charge in [0.25, 0.3) is 0 Å². The third-order valence-electron chi connectivity index (χ3n) is 2.08. The average molecular weight is 279 g/mol. The van der Waals surface area contributed by atoms with Crippen molar-refractivity contribution in [3.8, 4) is 11.5 Å². The van der Waals surface area contributed by atoms with Gasteiger partial charge in [-0.2, -0.15) is 0 Å². The number of nitrogens with one attached hydrogen (secondary N) is 1. The Morgan fingerprint density at radius 2 is 1.69 bits per heavy atom. The number of hydrazine groups is 1. The van der Waals surface area contributed by atoms with E-state index in [0.717, 1.165) is 15.9 Å². The first-order valence-electron chi connectivity index (χ1n) is 4.78. The van der Waals surface area contributed by atoms with Gasteiger partial charge in [0.05, 0.1) is 5.69 Å². The summed E-state index contributed by atoms with van der Waals surface area (Å²) in [4.78, 5) is 0. The van der Waals surface area contributed by atoms with Crippen molar-refractivity contribution in [2.24, 2.45) is 5.84 Å². The monoisotopic (exact) mass is 278 g/mol. The van der Waals surface area contributed by atoms with E-state index in [9.17, 15) is 0 Å². The molecule has 0 fully saturated rings. The highest BCUT2D eigenvalue weighted by molar-refractivity contribution is 9.10. The molecule has 0 saturated heterocycles. The van der Waals surface area contributed by atoms with Crippen molar-refractivity contribution in [1.82, 2.24) is 0 Å². The Bertz CT molecular complexity index is 471. The number of nitrogen functional groups attached to an aromatic ring is 1. The van der Waals surface area contributed by atoms with E-state index in [1.165, 1.54) is 0 Å². The minimum Gasteiger partial charge on any atom is -0.455 e. The molecule has 0 saturated carbocycles. The van der Waals surface area contributed by atoms with Crippen LogP contribution in [0.3, 0.4) is 0 Å². The van der Waals surface area contributed by atoms with E-state index >= 15 is 0 Å². The van der Waals surface area contributed by atoms with E-state index in [2.05, 4.69) is 21.4 Å². The van der Waals surface area contributed by atoms with Crippen molar-refractivity contribution < 1.29 is 4.74 Å². The second kappa shape index (κ2) is 5.01. The van der Waals surface area contributed by atoms with Crippen LogP contribution in [0.5, 0.6) is 11.5 Å². The van der Waals surface area contributed by atoms with Gasteiger partial charge in [-0.05, 0) is 36.4 Å². The summed E-state index contributed by atoms with van der Waals surface area (Å²) in [6, 6.07) is 15.1. The van der Waals surface area contributed by atoms with Crippen LogP contribution in [0.15, 0.2) is 53.0 Å². The fourth-order valence-electron chi connectivity index (χ4n) is 1.30. The quantitative estimate of drug-likeness (QED) is 0.667. The SMILES string of the molecule is NNc1ccccc1Oc1ccc(Br)cc1. The molecule has 16 heavy (non-hydrogen) atoms. The lowest BCUT2D eigenvalue weighted by atomic mass is 10.3. The topological polar surface area (TPSA) is 47.3 Å². The van der Waals surface area contributed by atoms with Crippen LogP contribution in [0.25, 0.3) is 0 Å². The first-order chi connectivity index (χ1) is 7.79. The molecule has 2 rings (SSSR count). The molecule has 0 atom stereocenters. The molecule has 0 bridgehead atoms. The molecular formula is C12H11BrN2O. The number of nitrogens with two attached hydrogens (primary N) is 1. The molecule has 0 aromatic heterocycles. The van der Waals surface area contributed by atoms with Gasteiger partial charge >= 0.3 is 0 Å². The summed E-state index contributed by atoms with van der Waals surface area (Å²) in [5.74, 6) is 6.86. The van der Waals surface area contributed by atoms with Gasteiger partial charge in [0.2, 0.25) is 0 Å². The van der Waals surface area contributed by atoms with Crippen LogP contribution in [0.4, 0.5) is 5.69 Å². The van der Waals surface area contributed by atoms with Gasteiger partial charge in [0, 0.05) is 4.47 Å². The van der Waals surface area contributed by atoms with Crippen molar-refractivity contribution in [2.75, 3.05) is 5.43 Å². The van der Waals surface area contributed by atoms with E-state index in [0.29, 0.717) is 5.75 Å². The van der Waals surface area contributed by atoms with E-state index in [1.807, 2.05) is 48.5 Å². The number of ether oxygens (including phenoxy) is 1. The first kappa shape index (κ1) is 11.0. The minimum atomic E-state index is 0.701. The van der Waals surface area contributed by atoms with Crippen LogP contribution in [-0.2, 0) is 0 Å². The number of halogens is 1. The summed E-state index contributed by atoms with van der Waals surface area (Å²) < 4.78 is 6.71. The first-order valence-corrected chi connectivity index (χ1v) is 5.58. The minimum absolute atomic E-state index is 0.701. The summed E-state index contributed by atoms with van der Waals surface area (Å²) in [6.45, 7) is 0. The summed E-state index contributed by atoms with van der Waals surface area (Å²) >= 11 is 3.37. The molecule has 2 aromatic rings. The number of benzene rings is 2. The third-order valence-corrected chi connectivity index (χ3v) is 2.61. The molecule has 0 spiro atoms. The average Bonchev–Trinajstić information content (AvgIpc) is 2.33. The van der Waals surface area contributed by atoms with Crippen molar-refractivity contribution >= 4 is 21.6 Å². The second-order valence-corrected chi connectivity index (χ2v) is 4.11. The lowest BCUT2D eigenvalue weighted by Gasteiger charge is -2.10. The zero-order valence-corrected chi connectivity index (χ0v) is 10.1. The molecule has 0 aliphatic heterocycles. The molecular weight excluding hydrogens is 268 g/mol. The van der Waals surface area contributed by atoms with Crippen molar-refractivity contribution in [3.63, 3.8) is 0 Å². The van der Waals surface area contributed by atoms with Crippen molar-refractivity contribution in [1.29, 1.82) is 0 Å². The maximum absolute atomic E-state index is 5.69. The number of rotatable bonds is 3. The van der Waals surface area contributed by atoms with Gasteiger partial charge < -0.3 is 10.2 Å². The highest BCUT2D eigenvalue weighted by Gasteiger charge is 2.02. The van der Waals surface area contributed by atoms with Crippen LogP contribution in [0.1, 0.15) is 0 Å². The Balaban J connectivity index is 2.23. The van der Waals surface area contributed by atoms with Crippen LogP contribution >= 0.6 is 15.9 Å². The number of anilines is 1. The standard InChI is InChI=1S/C12H11BrN2O/c13-9-5-7-10(8-6-9)16-12-4-2-1-3-11(12)15-14/h1-8,15H,14H2. The highest BCUT2D eigenvalue weighted by atomic mass is 79.9. The summed E-state index contributed by atoms with van der Waals surface area (Å²) in [5.41, 5.74) is 3.35. The Kier molecular flexibility index (Phi) is 3.44. The lowest BCUT2D eigenvalue weighted by molar-refractivity contribution is 0.484. The molecule has 2 aromatic carbocycles. The maximum Gasteiger partial charge on any atom is 0.151 e. The Morgan fingerprint density at radius 3 is 2.38 bits per heavy atom. The Hall–Kier alpha value is -1.52. The Labute approximate surface area is 102 Å². The highest BCUT2D eigenvalue weighted by Crippen LogP contribution is 2.29. The van der Waals surface area contributed by atoms with Crippen molar-refractivity contribution in [2.45, 2.75) is 0 Å². The fourth-order valence-corrected chi connectivity index (χ4v) is 1.57. The van der Waals surface area contributed by atoms with E-state index in [1.54, 1.807) is 0 Å². The number of para-hydroxylation sites is 2. The normalized spacial score (nSPS) is 9.88. The zero-order valence-electron chi connectivity index (χ0n) is 8.48. The molecule has 4 heteroatoms. The molecule has 0 unspecified atom stereocenters. The van der Waals surface area contributed by atoms with Crippen LogP contribution < -0.4 is 16.0 Å². The van der Waals surface area contributed by atoms with Crippen LogP contribution in [0, 0.1) is 0 Å². The number of hydrogen-bond donors (Lipinski definition) is 2. The van der Waals surface area contributed by atoms with Gasteiger partial charge in [0.15, 0.2) is 5.75 Å². The molecule has 3 N–H and O–H groups in total. The van der Waals surface area contributed by atoms with E-state index < -0.39 is 0 Å². The van der Waals surface area contributed by atoms with Gasteiger partial charge in [0.1, 0.15) is 5.75 Å². The van der Waals surface area contributed by atoms with Crippen LogP contribution in [0.2, 0.25) is 0 Å². The van der Waals surface area contributed by atoms with Crippen molar-refractivity contribution in [3.05, 3.63) is 53.0 Å². The summed E-state index contributed by atoms with van der Waals surface area (Å²) in [7, 11) is 0. The second-order valence-electron chi connectivity index (χ2n) is 3.20. The predicted molar refractivity (Wildman–Crippen MR) is 68.5 cm³/mol. The largest absolute Gasteiger partial charge is 0.455 e. The van der Waals surface area contributed by atoms with E-state index in [4.69, 9.17) is 10.6 Å². The van der Waals surface area contributed by atoms with E-state index in [-0.39, 0.29) is 0 Å². The smallest absolute Gasteiger partial charge is 0.151 e. The molecule has 0 aliphatic rings. The van der Waals surface area contributed by atoms with Gasteiger partial charge in [-0.3, -0.25) is 5.84 Å². The van der Waals surface area contributed by atoms with Gasteiger partial charge in [-0.15, -0.1) is 0 Å². The summed E-state index contributed by atoms with van der Waals surface area (Å²) in [5, 5.41) is 0. The lowest BCUT2D eigenvalue weighted by Crippen LogP contribution is -2.07.